The Bertz CT molecular complexity index is 351. The van der Waals surface area contributed by atoms with E-state index in [4.69, 9.17) is 11.6 Å². The molecule has 15 heavy (non-hydrogen) atoms. The minimum atomic E-state index is 0.569. The maximum atomic E-state index is 5.79. The van der Waals surface area contributed by atoms with E-state index in [1.165, 1.54) is 18.7 Å². The van der Waals surface area contributed by atoms with Crippen LogP contribution in [0.25, 0.3) is 0 Å². The van der Waals surface area contributed by atoms with Crippen LogP contribution in [-0.2, 0) is 0 Å². The van der Waals surface area contributed by atoms with E-state index < -0.39 is 0 Å². The lowest BCUT2D eigenvalue weighted by Crippen LogP contribution is -2.34. The number of nitrogens with zero attached hydrogens (tertiary/aromatic N) is 2. The molecule has 3 nitrogen and oxygen atoms in total. The summed E-state index contributed by atoms with van der Waals surface area (Å²) < 4.78 is 0. The first-order chi connectivity index (χ1) is 7.34. The minimum Gasteiger partial charge on any atom is -0.366 e. The highest BCUT2D eigenvalue weighted by Crippen LogP contribution is 2.31. The van der Waals surface area contributed by atoms with E-state index in [2.05, 4.69) is 21.3 Å². The molecule has 1 N–H and O–H groups in total. The standard InChI is InChI=1S/C11H14ClN3/c12-11-2-1-9(6-14-11)15-4-3-8-5-13-7-10(8)15/h1-2,6,8,10,13H,3-5,7H2/t8-,10+/m1/s1. The van der Waals surface area contributed by atoms with Gasteiger partial charge in [0.05, 0.1) is 11.9 Å². The predicted molar refractivity (Wildman–Crippen MR) is 61.4 cm³/mol. The summed E-state index contributed by atoms with van der Waals surface area (Å²) >= 11 is 5.79. The van der Waals surface area contributed by atoms with Gasteiger partial charge in [-0.05, 0) is 24.5 Å². The van der Waals surface area contributed by atoms with Gasteiger partial charge in [-0.3, -0.25) is 0 Å². The fraction of sp³-hybridized carbons (Fsp3) is 0.545. The molecule has 80 valence electrons. The average molecular weight is 224 g/mol. The first-order valence-corrected chi connectivity index (χ1v) is 5.81. The molecule has 3 rings (SSSR count). The normalized spacial score (nSPS) is 29.5. The van der Waals surface area contributed by atoms with Gasteiger partial charge in [0.15, 0.2) is 0 Å². The van der Waals surface area contributed by atoms with Crippen LogP contribution in [0.1, 0.15) is 6.42 Å². The fourth-order valence-electron chi connectivity index (χ4n) is 2.71. The number of halogens is 1. The maximum absolute atomic E-state index is 5.79. The zero-order valence-corrected chi connectivity index (χ0v) is 9.24. The molecule has 0 spiro atoms. The van der Waals surface area contributed by atoms with Crippen LogP contribution in [-0.4, -0.2) is 30.7 Å². The highest BCUT2D eigenvalue weighted by atomic mass is 35.5. The van der Waals surface area contributed by atoms with E-state index in [0.717, 1.165) is 19.0 Å². The van der Waals surface area contributed by atoms with Crippen molar-refractivity contribution in [2.75, 3.05) is 24.5 Å². The Morgan fingerprint density at radius 3 is 3.13 bits per heavy atom. The molecule has 0 radical (unpaired) electrons. The van der Waals surface area contributed by atoms with Crippen molar-refractivity contribution >= 4 is 17.3 Å². The highest BCUT2D eigenvalue weighted by Gasteiger charge is 2.37. The average Bonchev–Trinajstić information content (AvgIpc) is 2.80. The first kappa shape index (κ1) is 9.43. The predicted octanol–water partition coefficient (Wildman–Crippen LogP) is 1.53. The molecule has 4 heteroatoms. The van der Waals surface area contributed by atoms with Crippen molar-refractivity contribution in [2.45, 2.75) is 12.5 Å². The van der Waals surface area contributed by atoms with Crippen molar-refractivity contribution in [2.24, 2.45) is 5.92 Å². The minimum absolute atomic E-state index is 0.569. The van der Waals surface area contributed by atoms with Crippen LogP contribution in [0.5, 0.6) is 0 Å². The Kier molecular flexibility index (Phi) is 2.29. The summed E-state index contributed by atoms with van der Waals surface area (Å²) in [6, 6.07) is 4.59. The summed E-state index contributed by atoms with van der Waals surface area (Å²) in [6.45, 7) is 3.43. The largest absolute Gasteiger partial charge is 0.366 e. The van der Waals surface area contributed by atoms with Crippen molar-refractivity contribution < 1.29 is 0 Å². The summed E-state index contributed by atoms with van der Waals surface area (Å²) in [7, 11) is 0. The SMILES string of the molecule is Clc1ccc(N2CC[C@@H]3CNC[C@@H]32)cn1. The number of rotatable bonds is 1. The second-order valence-electron chi connectivity index (χ2n) is 4.31. The summed E-state index contributed by atoms with van der Waals surface area (Å²) in [5.74, 6) is 0.820. The van der Waals surface area contributed by atoms with Gasteiger partial charge in [-0.15, -0.1) is 0 Å². The van der Waals surface area contributed by atoms with Crippen LogP contribution < -0.4 is 10.2 Å². The third kappa shape index (κ3) is 1.60. The Morgan fingerprint density at radius 2 is 2.33 bits per heavy atom. The molecule has 0 bridgehead atoms. The summed E-state index contributed by atoms with van der Waals surface area (Å²) in [6.07, 6.45) is 3.17. The number of fused-ring (bicyclic) bond motifs is 1. The molecule has 0 aromatic carbocycles. The molecular weight excluding hydrogens is 210 g/mol. The first-order valence-electron chi connectivity index (χ1n) is 5.43. The van der Waals surface area contributed by atoms with Gasteiger partial charge in [-0.25, -0.2) is 4.98 Å². The molecule has 3 heterocycles. The monoisotopic (exact) mass is 223 g/mol. The molecule has 1 aromatic heterocycles. The van der Waals surface area contributed by atoms with Gasteiger partial charge in [0.2, 0.25) is 0 Å². The molecule has 0 unspecified atom stereocenters. The number of nitrogens with one attached hydrogen (secondary N) is 1. The zero-order valence-electron chi connectivity index (χ0n) is 8.49. The van der Waals surface area contributed by atoms with Crippen LogP contribution in [0.2, 0.25) is 5.15 Å². The van der Waals surface area contributed by atoms with Crippen molar-refractivity contribution in [3.05, 3.63) is 23.5 Å². The lowest BCUT2D eigenvalue weighted by Gasteiger charge is -2.25. The molecule has 0 saturated carbocycles. The van der Waals surface area contributed by atoms with E-state index in [0.29, 0.717) is 11.2 Å². The quantitative estimate of drug-likeness (QED) is 0.732. The molecule has 0 aliphatic carbocycles. The maximum Gasteiger partial charge on any atom is 0.129 e. The van der Waals surface area contributed by atoms with Crippen LogP contribution in [0, 0.1) is 5.92 Å². The van der Waals surface area contributed by atoms with E-state index in [-0.39, 0.29) is 0 Å². The third-order valence-electron chi connectivity index (χ3n) is 3.49. The Morgan fingerprint density at radius 1 is 1.40 bits per heavy atom. The number of hydrogen-bond donors (Lipinski definition) is 1. The topological polar surface area (TPSA) is 28.2 Å². The van der Waals surface area contributed by atoms with Gasteiger partial charge in [0.25, 0.3) is 0 Å². The smallest absolute Gasteiger partial charge is 0.129 e. The second-order valence-corrected chi connectivity index (χ2v) is 4.69. The lowest BCUT2D eigenvalue weighted by atomic mass is 10.1. The summed E-state index contributed by atoms with van der Waals surface area (Å²) in [5, 5.41) is 4.02. The Labute approximate surface area is 94.4 Å². The van der Waals surface area contributed by atoms with Crippen molar-refractivity contribution in [3.8, 4) is 0 Å². The van der Waals surface area contributed by atoms with Crippen molar-refractivity contribution in [3.63, 3.8) is 0 Å². The van der Waals surface area contributed by atoms with Crippen molar-refractivity contribution in [1.29, 1.82) is 0 Å². The van der Waals surface area contributed by atoms with Crippen LogP contribution in [0.4, 0.5) is 5.69 Å². The van der Waals surface area contributed by atoms with Crippen LogP contribution in [0.15, 0.2) is 18.3 Å². The van der Waals surface area contributed by atoms with Crippen LogP contribution in [0.3, 0.4) is 0 Å². The molecule has 2 aliphatic heterocycles. The van der Waals surface area contributed by atoms with Gasteiger partial charge in [0, 0.05) is 25.7 Å². The van der Waals surface area contributed by atoms with Gasteiger partial charge < -0.3 is 10.2 Å². The fourth-order valence-corrected chi connectivity index (χ4v) is 2.82. The third-order valence-corrected chi connectivity index (χ3v) is 3.71. The van der Waals surface area contributed by atoms with Crippen LogP contribution >= 0.6 is 11.6 Å². The van der Waals surface area contributed by atoms with Crippen molar-refractivity contribution in [1.82, 2.24) is 10.3 Å². The molecule has 2 aliphatic rings. The molecule has 0 amide bonds. The molecule has 1 aromatic rings. The summed E-state index contributed by atoms with van der Waals surface area (Å²) in [4.78, 5) is 6.59. The molecular formula is C11H14ClN3. The second kappa shape index (κ2) is 3.65. The Hall–Kier alpha value is -0.800. The lowest BCUT2D eigenvalue weighted by molar-refractivity contribution is 0.578. The molecule has 2 fully saturated rings. The van der Waals surface area contributed by atoms with Gasteiger partial charge in [-0.1, -0.05) is 11.6 Å². The van der Waals surface area contributed by atoms with E-state index in [1.54, 1.807) is 0 Å². The molecule has 2 atom stereocenters. The number of pyridine rings is 1. The number of hydrogen-bond acceptors (Lipinski definition) is 3. The molecule has 2 saturated heterocycles. The number of anilines is 1. The van der Waals surface area contributed by atoms with E-state index in [9.17, 15) is 0 Å². The Balaban J connectivity index is 1.85. The van der Waals surface area contributed by atoms with Gasteiger partial charge in [-0.2, -0.15) is 0 Å². The van der Waals surface area contributed by atoms with E-state index in [1.807, 2.05) is 12.3 Å². The van der Waals surface area contributed by atoms with E-state index >= 15 is 0 Å². The van der Waals surface area contributed by atoms with Gasteiger partial charge >= 0.3 is 0 Å². The highest BCUT2D eigenvalue weighted by molar-refractivity contribution is 6.29. The van der Waals surface area contributed by atoms with Gasteiger partial charge in [0.1, 0.15) is 5.15 Å². The number of aromatic nitrogens is 1. The zero-order chi connectivity index (χ0) is 10.3. The summed E-state index contributed by atoms with van der Waals surface area (Å²) in [5.41, 5.74) is 1.20.